The van der Waals surface area contributed by atoms with Crippen molar-refractivity contribution < 1.29 is 9.59 Å². The minimum atomic E-state index is 0. The van der Waals surface area contributed by atoms with Gasteiger partial charge in [0.25, 0.3) is 0 Å². The lowest BCUT2D eigenvalue weighted by atomic mass is 10.2. The Hall–Kier alpha value is -1.16. The Morgan fingerprint density at radius 1 is 0.361 bits per heavy atom. The van der Waals surface area contributed by atoms with Gasteiger partial charge in [0.05, 0.1) is 0 Å². The van der Waals surface area contributed by atoms with E-state index in [1.165, 1.54) is 12.8 Å². The average molecular weight is 1080 g/mol. The van der Waals surface area contributed by atoms with E-state index in [0.29, 0.717) is 58.7 Å². The first kappa shape index (κ1) is 77.3. The molecule has 0 aromatic heterocycles. The molecule has 0 saturated heterocycles. The van der Waals surface area contributed by atoms with E-state index < -0.39 is 0 Å². The topological polar surface area (TPSA) is 254 Å². The summed E-state index contributed by atoms with van der Waals surface area (Å²) in [5.41, 5.74) is 28.8. The molecular weight excluding hydrogens is 958 g/mol. The lowest BCUT2D eigenvalue weighted by Crippen LogP contribution is -2.46. The Kier molecular flexibility index (Phi) is 61.8. The summed E-state index contributed by atoms with van der Waals surface area (Å²) < 4.78 is 3.78. The number of nitrogens with two attached hydrogens (primary N) is 5. The SMILES string of the molecule is C.C.CCC(=O)N(CCN)CCN(CCN)CCN(CCNC)CCN(Cl)CCN(CCN)CCNC.CCC(=O)NCCN(CCNC)CCN(Cl)CCN(CCNC)CCN(CCN)CCCCCN. The molecule has 0 fully saturated rings. The maximum Gasteiger partial charge on any atom is 0.222 e. The number of nitrogens with one attached hydrogen (secondary N) is 5. The number of halogens is 2. The molecule has 2 amide bonds. The quantitative estimate of drug-likeness (QED) is 0.0248. The zero-order valence-corrected chi connectivity index (χ0v) is 47.1. The summed E-state index contributed by atoms with van der Waals surface area (Å²) in [6.07, 6.45) is 4.47. The molecule has 436 valence electrons. The Bertz CT molecular complexity index is 1130. The first-order valence-electron chi connectivity index (χ1n) is 26.7. The molecule has 0 aromatic carbocycles. The van der Waals surface area contributed by atoms with Crippen molar-refractivity contribution in [1.29, 1.82) is 0 Å². The molecular formula is C49H119Cl2N19O2. The third kappa shape index (κ3) is 47.3. The Morgan fingerprint density at radius 2 is 0.681 bits per heavy atom. The number of unbranched alkanes of at least 4 members (excludes halogenated alkanes) is 2. The van der Waals surface area contributed by atoms with Gasteiger partial charge in [-0.2, -0.15) is 0 Å². The maximum absolute atomic E-state index is 12.2. The van der Waals surface area contributed by atoms with Crippen molar-refractivity contribution in [2.75, 3.05) is 251 Å². The molecule has 0 saturated carbocycles. The van der Waals surface area contributed by atoms with Crippen LogP contribution in [0.4, 0.5) is 0 Å². The van der Waals surface area contributed by atoms with E-state index in [4.69, 9.17) is 52.2 Å². The van der Waals surface area contributed by atoms with Gasteiger partial charge in [-0.15, -0.1) is 0 Å². The summed E-state index contributed by atoms with van der Waals surface area (Å²) in [6, 6.07) is 0. The maximum atomic E-state index is 12.2. The van der Waals surface area contributed by atoms with Crippen LogP contribution in [-0.2, 0) is 9.59 Å². The fraction of sp³-hybridized carbons (Fsp3) is 0.959. The zero-order valence-electron chi connectivity index (χ0n) is 45.6. The molecule has 0 aliphatic rings. The third-order valence-electron chi connectivity index (χ3n) is 12.1. The van der Waals surface area contributed by atoms with Gasteiger partial charge in [-0.25, -0.2) is 8.84 Å². The number of carbonyl (C=O) groups excluding carboxylic acids is 2. The number of likely N-dealkylation sites (N-methyl/N-ethyl adjacent to an activating group) is 4. The largest absolute Gasteiger partial charge is 0.355 e. The van der Waals surface area contributed by atoms with Crippen molar-refractivity contribution >= 4 is 35.4 Å². The van der Waals surface area contributed by atoms with Gasteiger partial charge >= 0.3 is 0 Å². The van der Waals surface area contributed by atoms with Crippen LogP contribution in [0, 0.1) is 0 Å². The molecule has 0 aliphatic carbocycles. The average Bonchev–Trinajstić information content (AvgIpc) is 3.36. The third-order valence-corrected chi connectivity index (χ3v) is 12.8. The van der Waals surface area contributed by atoms with Gasteiger partial charge in [0.15, 0.2) is 0 Å². The van der Waals surface area contributed by atoms with Gasteiger partial charge in [0, 0.05) is 222 Å². The summed E-state index contributed by atoms with van der Waals surface area (Å²) in [6.45, 7) is 32.4. The molecule has 0 bridgehead atoms. The lowest BCUT2D eigenvalue weighted by Gasteiger charge is -2.30. The Morgan fingerprint density at radius 3 is 1.03 bits per heavy atom. The van der Waals surface area contributed by atoms with Gasteiger partial charge in [0.2, 0.25) is 11.8 Å². The van der Waals surface area contributed by atoms with Crippen LogP contribution in [0.5, 0.6) is 0 Å². The molecule has 0 atom stereocenters. The second-order valence-corrected chi connectivity index (χ2v) is 18.7. The van der Waals surface area contributed by atoms with Crippen molar-refractivity contribution in [3.8, 4) is 0 Å². The molecule has 15 N–H and O–H groups in total. The van der Waals surface area contributed by atoms with Crippen LogP contribution in [0.15, 0.2) is 0 Å². The standard InChI is InChI=1S/C24H56ClN9O.C23H55ClN10O.2CH4/c1-4-24(35)30-12-17-32(15-10-28-2)20-22-34(25)23-21-33(16-11-29-3)19-18-31(14-9-27)13-7-5-6-8-26;1-4-23(35)33(12-7-27)20-17-31(11-6-26)15-16-32(14-9-29-3)19-22-34(24)21-18-30(10-5-25)13-8-28-2;;/h28-29H,4-23,26-27H2,1-3H3,(H,30,35);28-29H,4-22,25-27H2,1-3H3;2*1H4. The molecule has 0 unspecified atom stereocenters. The van der Waals surface area contributed by atoms with Crippen LogP contribution in [0.25, 0.3) is 0 Å². The molecule has 21 nitrogen and oxygen atoms in total. The molecule has 0 spiro atoms. The number of hydrogen-bond donors (Lipinski definition) is 10. The van der Waals surface area contributed by atoms with Gasteiger partial charge < -0.3 is 65.1 Å². The fourth-order valence-electron chi connectivity index (χ4n) is 7.57. The minimum Gasteiger partial charge on any atom is -0.355 e. The monoisotopic (exact) mass is 1080 g/mol. The van der Waals surface area contributed by atoms with Crippen molar-refractivity contribution in [1.82, 2.24) is 69.7 Å². The van der Waals surface area contributed by atoms with Crippen LogP contribution in [0.3, 0.4) is 0 Å². The summed E-state index contributed by atoms with van der Waals surface area (Å²) in [5, 5.41) is 15.9. The first-order valence-corrected chi connectivity index (χ1v) is 27.4. The lowest BCUT2D eigenvalue weighted by molar-refractivity contribution is -0.131. The molecule has 0 heterocycles. The predicted octanol–water partition coefficient (Wildman–Crippen LogP) is -1.43. The highest BCUT2D eigenvalue weighted by atomic mass is 35.5. The summed E-state index contributed by atoms with van der Waals surface area (Å²) in [4.78, 5) is 39.9. The fourth-order valence-corrected chi connectivity index (χ4v) is 7.87. The van der Waals surface area contributed by atoms with E-state index in [-0.39, 0.29) is 26.7 Å². The Labute approximate surface area is 453 Å². The summed E-state index contributed by atoms with van der Waals surface area (Å²) >= 11 is 13.1. The van der Waals surface area contributed by atoms with E-state index in [1.54, 1.807) is 0 Å². The van der Waals surface area contributed by atoms with E-state index in [0.717, 1.165) is 183 Å². The highest BCUT2D eigenvalue weighted by Crippen LogP contribution is 2.03. The van der Waals surface area contributed by atoms with Gasteiger partial charge in [0.1, 0.15) is 0 Å². The second kappa shape index (κ2) is 57.5. The molecule has 0 aromatic rings. The van der Waals surface area contributed by atoms with E-state index >= 15 is 0 Å². The molecule has 72 heavy (non-hydrogen) atoms. The minimum absolute atomic E-state index is 0. The molecule has 0 aliphatic heterocycles. The number of amides is 2. The summed E-state index contributed by atoms with van der Waals surface area (Å²) in [7, 11) is 7.89. The van der Waals surface area contributed by atoms with Crippen molar-refractivity contribution in [2.45, 2.75) is 60.8 Å². The van der Waals surface area contributed by atoms with Crippen LogP contribution >= 0.6 is 23.6 Å². The van der Waals surface area contributed by atoms with E-state index in [1.807, 2.05) is 55.8 Å². The van der Waals surface area contributed by atoms with Crippen LogP contribution in [0.1, 0.15) is 60.8 Å². The number of carbonyl (C=O) groups is 2. The van der Waals surface area contributed by atoms with Crippen LogP contribution in [-0.4, -0.2) is 306 Å². The highest BCUT2D eigenvalue weighted by Gasteiger charge is 2.16. The molecule has 23 heteroatoms. The predicted molar refractivity (Wildman–Crippen MR) is 312 cm³/mol. The first-order chi connectivity index (χ1) is 33.9. The van der Waals surface area contributed by atoms with Crippen LogP contribution < -0.4 is 55.3 Å². The van der Waals surface area contributed by atoms with Crippen molar-refractivity contribution in [2.24, 2.45) is 28.7 Å². The van der Waals surface area contributed by atoms with Gasteiger partial charge in [-0.05, 0) is 77.7 Å². The van der Waals surface area contributed by atoms with E-state index in [9.17, 15) is 9.59 Å². The van der Waals surface area contributed by atoms with Gasteiger partial charge in [-0.1, -0.05) is 35.1 Å². The number of nitrogens with zero attached hydrogens (tertiary/aromatic N) is 9. The molecule has 0 radical (unpaired) electrons. The van der Waals surface area contributed by atoms with Crippen LogP contribution in [0.2, 0.25) is 0 Å². The number of rotatable bonds is 51. The normalized spacial score (nSPS) is 11.6. The summed E-state index contributed by atoms with van der Waals surface area (Å²) in [5.74, 6) is 0.247. The Balaban J connectivity index is -0.000000625. The zero-order chi connectivity index (χ0) is 52.5. The van der Waals surface area contributed by atoms with E-state index in [2.05, 4.69) is 56.0 Å². The molecule has 0 rings (SSSR count). The highest BCUT2D eigenvalue weighted by molar-refractivity contribution is 6.13. The van der Waals surface area contributed by atoms with Gasteiger partial charge in [-0.3, -0.25) is 34.1 Å². The smallest absolute Gasteiger partial charge is 0.222 e. The van der Waals surface area contributed by atoms with Crippen molar-refractivity contribution in [3.63, 3.8) is 0 Å². The van der Waals surface area contributed by atoms with Crippen molar-refractivity contribution in [3.05, 3.63) is 0 Å². The number of hydrogen-bond acceptors (Lipinski definition) is 19. The second-order valence-electron chi connectivity index (χ2n) is 17.7.